The van der Waals surface area contributed by atoms with E-state index in [-0.39, 0.29) is 5.56 Å². The Morgan fingerprint density at radius 2 is 2.00 bits per heavy atom. The van der Waals surface area contributed by atoms with Crippen LogP contribution in [0.1, 0.15) is 28.4 Å². The van der Waals surface area contributed by atoms with Gasteiger partial charge in [0.2, 0.25) is 0 Å². The van der Waals surface area contributed by atoms with Crippen molar-refractivity contribution < 1.29 is 9.53 Å². The maximum absolute atomic E-state index is 12.7. The molecule has 30 heavy (non-hydrogen) atoms. The number of rotatable bonds is 7. The van der Waals surface area contributed by atoms with Crippen molar-refractivity contribution >= 4 is 35.3 Å². The highest BCUT2D eigenvalue weighted by Crippen LogP contribution is 2.24. The molecule has 0 aliphatic rings. The minimum Gasteiger partial charge on any atom is -0.492 e. The van der Waals surface area contributed by atoms with Gasteiger partial charge in [-0.25, -0.2) is 5.43 Å². The molecule has 0 saturated heterocycles. The SMILES string of the molecule is CCOc1ccc(/C=N\NC(=O)c2cccn(Cc3cccc(Cl)c3)c2=O)cc1Cl. The fraction of sp³-hybridized carbons (Fsp3) is 0.136. The maximum Gasteiger partial charge on any atom is 0.276 e. The maximum atomic E-state index is 12.7. The van der Waals surface area contributed by atoms with Crippen molar-refractivity contribution in [1.29, 1.82) is 0 Å². The van der Waals surface area contributed by atoms with E-state index in [0.717, 1.165) is 5.56 Å². The molecule has 1 heterocycles. The number of pyridine rings is 1. The minimum absolute atomic E-state index is 0.0126. The summed E-state index contributed by atoms with van der Waals surface area (Å²) in [6, 6.07) is 15.4. The second-order valence-corrected chi connectivity index (χ2v) is 7.15. The molecule has 6 nitrogen and oxygen atoms in total. The Kier molecular flexibility index (Phi) is 7.27. The van der Waals surface area contributed by atoms with Gasteiger partial charge in [-0.1, -0.05) is 35.3 Å². The van der Waals surface area contributed by atoms with Crippen LogP contribution in [-0.2, 0) is 6.54 Å². The Hall–Kier alpha value is -3.09. The molecular weight excluding hydrogens is 425 g/mol. The zero-order valence-corrected chi connectivity index (χ0v) is 17.7. The number of ether oxygens (including phenoxy) is 1. The van der Waals surface area contributed by atoms with Crippen molar-refractivity contribution in [3.05, 3.63) is 97.9 Å². The van der Waals surface area contributed by atoms with Gasteiger partial charge in [0.15, 0.2) is 0 Å². The van der Waals surface area contributed by atoms with Crippen LogP contribution in [0.3, 0.4) is 0 Å². The third-order valence-corrected chi connectivity index (χ3v) is 4.67. The Morgan fingerprint density at radius 3 is 2.73 bits per heavy atom. The number of nitrogens with zero attached hydrogens (tertiary/aromatic N) is 2. The van der Waals surface area contributed by atoms with Crippen LogP contribution in [0.4, 0.5) is 0 Å². The molecular formula is C22H19Cl2N3O3. The highest BCUT2D eigenvalue weighted by atomic mass is 35.5. The first-order chi connectivity index (χ1) is 14.5. The van der Waals surface area contributed by atoms with E-state index in [1.165, 1.54) is 16.8 Å². The van der Waals surface area contributed by atoms with Gasteiger partial charge in [-0.15, -0.1) is 0 Å². The predicted octanol–water partition coefficient (Wildman–Crippen LogP) is 4.37. The summed E-state index contributed by atoms with van der Waals surface area (Å²) < 4.78 is 6.82. The first kappa shape index (κ1) is 21.6. The second-order valence-electron chi connectivity index (χ2n) is 6.31. The predicted molar refractivity (Wildman–Crippen MR) is 119 cm³/mol. The van der Waals surface area contributed by atoms with Crippen molar-refractivity contribution in [2.24, 2.45) is 5.10 Å². The van der Waals surface area contributed by atoms with Crippen LogP contribution in [0, 0.1) is 0 Å². The Labute approximate surface area is 183 Å². The normalized spacial score (nSPS) is 10.9. The van der Waals surface area contributed by atoms with E-state index >= 15 is 0 Å². The molecule has 8 heteroatoms. The summed E-state index contributed by atoms with van der Waals surface area (Å²) >= 11 is 12.1. The molecule has 0 aliphatic heterocycles. The van der Waals surface area contributed by atoms with Crippen LogP contribution in [0.15, 0.2) is 70.7 Å². The summed E-state index contributed by atoms with van der Waals surface area (Å²) in [5.41, 5.74) is 3.47. The fourth-order valence-electron chi connectivity index (χ4n) is 2.76. The van der Waals surface area contributed by atoms with E-state index in [2.05, 4.69) is 10.5 Å². The van der Waals surface area contributed by atoms with E-state index in [0.29, 0.717) is 34.5 Å². The van der Waals surface area contributed by atoms with Gasteiger partial charge in [0.1, 0.15) is 11.3 Å². The number of hydrazone groups is 1. The molecule has 0 radical (unpaired) electrons. The standard InChI is InChI=1S/C22H19Cl2N3O3/c1-2-30-20-9-8-15(12-19(20)24)13-25-26-21(28)18-7-4-10-27(22(18)29)14-16-5-3-6-17(23)11-16/h3-13H,2,14H2,1H3,(H,26,28)/b25-13-. The number of benzene rings is 2. The smallest absolute Gasteiger partial charge is 0.276 e. The molecule has 0 fully saturated rings. The second kappa shape index (κ2) is 10.1. The lowest BCUT2D eigenvalue weighted by Gasteiger charge is -2.08. The summed E-state index contributed by atoms with van der Waals surface area (Å²) in [7, 11) is 0. The lowest BCUT2D eigenvalue weighted by molar-refractivity contribution is 0.0953. The van der Waals surface area contributed by atoms with Crippen LogP contribution in [0.2, 0.25) is 10.0 Å². The van der Waals surface area contributed by atoms with Crippen LogP contribution >= 0.6 is 23.2 Å². The van der Waals surface area contributed by atoms with E-state index < -0.39 is 11.5 Å². The Morgan fingerprint density at radius 1 is 1.17 bits per heavy atom. The molecule has 0 saturated carbocycles. The number of halogens is 2. The molecule has 154 valence electrons. The van der Waals surface area contributed by atoms with Crippen molar-refractivity contribution in [2.45, 2.75) is 13.5 Å². The Balaban J connectivity index is 1.70. The van der Waals surface area contributed by atoms with Gasteiger partial charge in [0, 0.05) is 11.2 Å². The highest BCUT2D eigenvalue weighted by Gasteiger charge is 2.12. The summed E-state index contributed by atoms with van der Waals surface area (Å²) in [5.74, 6) is -0.0291. The monoisotopic (exact) mass is 443 g/mol. The number of carbonyl (C=O) groups is 1. The minimum atomic E-state index is -0.603. The van der Waals surface area contributed by atoms with Crippen molar-refractivity contribution in [1.82, 2.24) is 9.99 Å². The molecule has 2 aromatic carbocycles. The van der Waals surface area contributed by atoms with Gasteiger partial charge >= 0.3 is 0 Å². The van der Waals surface area contributed by atoms with Gasteiger partial charge < -0.3 is 9.30 Å². The molecule has 0 aliphatic carbocycles. The van der Waals surface area contributed by atoms with E-state index in [4.69, 9.17) is 27.9 Å². The lowest BCUT2D eigenvalue weighted by atomic mass is 10.2. The molecule has 1 aromatic heterocycles. The molecule has 1 N–H and O–H groups in total. The Bertz CT molecular complexity index is 1140. The van der Waals surface area contributed by atoms with Gasteiger partial charge in [0.05, 0.1) is 24.4 Å². The third-order valence-electron chi connectivity index (χ3n) is 4.14. The van der Waals surface area contributed by atoms with E-state index in [1.807, 2.05) is 13.0 Å². The van der Waals surface area contributed by atoms with Gasteiger partial charge in [-0.3, -0.25) is 9.59 Å². The van der Waals surface area contributed by atoms with Gasteiger partial charge in [-0.05, 0) is 60.5 Å². The summed E-state index contributed by atoms with van der Waals surface area (Å²) in [6.07, 6.45) is 3.05. The zero-order valence-electron chi connectivity index (χ0n) is 16.1. The number of hydrogen-bond acceptors (Lipinski definition) is 4. The van der Waals surface area contributed by atoms with Crippen LogP contribution in [0.5, 0.6) is 5.75 Å². The van der Waals surface area contributed by atoms with Crippen molar-refractivity contribution in [3.8, 4) is 5.75 Å². The van der Waals surface area contributed by atoms with Gasteiger partial charge in [0.25, 0.3) is 11.5 Å². The average molecular weight is 444 g/mol. The summed E-state index contributed by atoms with van der Waals surface area (Å²) in [6.45, 7) is 2.68. The van der Waals surface area contributed by atoms with E-state index in [9.17, 15) is 9.59 Å². The van der Waals surface area contributed by atoms with Crippen LogP contribution in [0.25, 0.3) is 0 Å². The molecule has 3 aromatic rings. The van der Waals surface area contributed by atoms with Crippen LogP contribution in [-0.4, -0.2) is 23.3 Å². The molecule has 0 bridgehead atoms. The third kappa shape index (κ3) is 5.49. The van der Waals surface area contributed by atoms with Gasteiger partial charge in [-0.2, -0.15) is 5.10 Å². The molecule has 3 rings (SSSR count). The topological polar surface area (TPSA) is 72.7 Å². The quantitative estimate of drug-likeness (QED) is 0.435. The molecule has 0 unspecified atom stereocenters. The number of nitrogens with one attached hydrogen (secondary N) is 1. The highest BCUT2D eigenvalue weighted by molar-refractivity contribution is 6.32. The zero-order chi connectivity index (χ0) is 21.5. The van der Waals surface area contributed by atoms with E-state index in [1.54, 1.807) is 48.7 Å². The van der Waals surface area contributed by atoms with Crippen molar-refractivity contribution in [3.63, 3.8) is 0 Å². The average Bonchev–Trinajstić information content (AvgIpc) is 2.71. The number of hydrogen-bond donors (Lipinski definition) is 1. The van der Waals surface area contributed by atoms with Crippen molar-refractivity contribution in [2.75, 3.05) is 6.61 Å². The number of aromatic nitrogens is 1. The summed E-state index contributed by atoms with van der Waals surface area (Å²) in [5, 5.41) is 4.94. The molecule has 1 amide bonds. The van der Waals surface area contributed by atoms with Crippen LogP contribution < -0.4 is 15.7 Å². The number of amides is 1. The molecule has 0 spiro atoms. The first-order valence-corrected chi connectivity index (χ1v) is 9.93. The summed E-state index contributed by atoms with van der Waals surface area (Å²) in [4.78, 5) is 25.1. The molecule has 0 atom stereocenters. The number of carbonyl (C=O) groups excluding carboxylic acids is 1. The fourth-order valence-corrected chi connectivity index (χ4v) is 3.22. The largest absolute Gasteiger partial charge is 0.492 e. The lowest BCUT2D eigenvalue weighted by Crippen LogP contribution is -2.30. The first-order valence-electron chi connectivity index (χ1n) is 9.17.